The predicted octanol–water partition coefficient (Wildman–Crippen LogP) is 3.23. The van der Waals surface area contributed by atoms with E-state index in [-0.39, 0.29) is 10.6 Å². The van der Waals surface area contributed by atoms with Crippen LogP contribution in [0.15, 0.2) is 52.7 Å². The average Bonchev–Trinajstić information content (AvgIpc) is 3.21. The van der Waals surface area contributed by atoms with E-state index in [9.17, 15) is 13.6 Å². The zero-order valence-corrected chi connectivity index (χ0v) is 18.5. The van der Waals surface area contributed by atoms with Gasteiger partial charge in [0.05, 0.1) is 34.9 Å². The Kier molecular flexibility index (Phi) is 7.34. The predicted molar refractivity (Wildman–Crippen MR) is 123 cm³/mol. The maximum Gasteiger partial charge on any atom is 0.296 e. The van der Waals surface area contributed by atoms with Crippen molar-refractivity contribution in [2.45, 2.75) is 26.8 Å². The first-order chi connectivity index (χ1) is 15.6. The average molecular weight is 475 g/mol. The molecule has 1 aromatic heterocycles. The van der Waals surface area contributed by atoms with Gasteiger partial charge in [0.1, 0.15) is 5.69 Å². The number of rotatable bonds is 7. The summed E-state index contributed by atoms with van der Waals surface area (Å²) in [5, 5.41) is 11.6. The number of amides is 1. The maximum atomic E-state index is 12.4. The van der Waals surface area contributed by atoms with Crippen LogP contribution >= 0.6 is 11.6 Å². The monoisotopic (exact) mass is 474 g/mol. The van der Waals surface area contributed by atoms with Crippen molar-refractivity contribution in [3.05, 3.63) is 64.3 Å². The number of hydrazone groups is 1. The number of aryl methyl sites for hydroxylation is 1. The molecule has 0 aliphatic rings. The van der Waals surface area contributed by atoms with E-state index in [0.29, 0.717) is 18.1 Å². The van der Waals surface area contributed by atoms with Gasteiger partial charge in [0, 0.05) is 5.56 Å². The largest absolute Gasteiger partial charge is 0.387 e. The molecule has 0 saturated heterocycles. The first-order valence-corrected chi connectivity index (χ1v) is 10.0. The zero-order chi connectivity index (χ0) is 24.1. The molecule has 0 saturated carbocycles. The smallest absolute Gasteiger partial charge is 0.296 e. The van der Waals surface area contributed by atoms with Gasteiger partial charge in [-0.15, -0.1) is 5.10 Å². The van der Waals surface area contributed by atoms with Crippen LogP contribution in [-0.2, 0) is 6.54 Å². The van der Waals surface area contributed by atoms with Crippen LogP contribution in [0.4, 0.5) is 14.5 Å². The van der Waals surface area contributed by atoms with Crippen LogP contribution < -0.4 is 16.9 Å². The summed E-state index contributed by atoms with van der Waals surface area (Å²) < 4.78 is 26.3. The summed E-state index contributed by atoms with van der Waals surface area (Å²) in [5.74, 6) is -1.28. The van der Waals surface area contributed by atoms with Gasteiger partial charge in [0.2, 0.25) is 0 Å². The van der Waals surface area contributed by atoms with Gasteiger partial charge in [-0.2, -0.15) is 5.10 Å². The summed E-state index contributed by atoms with van der Waals surface area (Å²) in [6.45, 7) is 4.00. The Balaban J connectivity index is 1.72. The van der Waals surface area contributed by atoms with E-state index in [1.54, 1.807) is 29.9 Å². The second-order valence-corrected chi connectivity index (χ2v) is 7.56. The third-order valence-electron chi connectivity index (χ3n) is 4.46. The van der Waals surface area contributed by atoms with Crippen molar-refractivity contribution >= 4 is 34.9 Å². The minimum Gasteiger partial charge on any atom is -0.387 e. The number of nitrogens with two attached hydrogens (primary N) is 2. The first-order valence-electron chi connectivity index (χ1n) is 9.66. The number of halogens is 3. The number of aromatic nitrogens is 3. The summed E-state index contributed by atoms with van der Waals surface area (Å²) >= 11 is 6.18. The van der Waals surface area contributed by atoms with Crippen LogP contribution in [-0.4, -0.2) is 39.0 Å². The van der Waals surface area contributed by atoms with E-state index in [1.807, 2.05) is 30.5 Å². The van der Waals surface area contributed by atoms with Gasteiger partial charge in [-0.05, 0) is 49.2 Å². The Labute approximate surface area is 193 Å². The molecule has 0 fully saturated rings. The molecule has 172 valence electrons. The molecule has 0 atom stereocenters. The second-order valence-electron chi connectivity index (χ2n) is 7.15. The highest BCUT2D eigenvalue weighted by molar-refractivity contribution is 6.33. The molecule has 0 bridgehead atoms. The van der Waals surface area contributed by atoms with Crippen molar-refractivity contribution in [2.24, 2.45) is 21.6 Å². The van der Waals surface area contributed by atoms with Crippen molar-refractivity contribution in [2.75, 3.05) is 0 Å². The number of carbonyl (C=O) groups excluding carboxylic acids is 1. The van der Waals surface area contributed by atoms with Gasteiger partial charge in [-0.1, -0.05) is 28.9 Å². The minimum absolute atomic E-state index is 0.0662. The van der Waals surface area contributed by atoms with Crippen LogP contribution in [0, 0.1) is 6.92 Å². The lowest BCUT2D eigenvalue weighted by atomic mass is 10.1. The molecule has 33 heavy (non-hydrogen) atoms. The summed E-state index contributed by atoms with van der Waals surface area (Å²) in [5.41, 5.74) is 16.7. The van der Waals surface area contributed by atoms with Gasteiger partial charge in [-0.25, -0.2) is 23.9 Å². The SMILES string of the molecule is CC(N)=Nc1ccc(-c2cn(Cc3ccc(C(=O)N/N=C(\N)C(F)F)c(Cl)c3)nn2)cc1C. The topological polar surface area (TPSA) is 137 Å². The molecule has 2 aromatic carbocycles. The molecule has 1 heterocycles. The molecule has 3 rings (SSSR count). The van der Waals surface area contributed by atoms with Crippen LogP contribution in [0.25, 0.3) is 11.3 Å². The van der Waals surface area contributed by atoms with Crippen molar-refractivity contribution in [3.8, 4) is 11.3 Å². The number of alkyl halides is 2. The highest BCUT2D eigenvalue weighted by Crippen LogP contribution is 2.25. The molecule has 0 aliphatic heterocycles. The molecular formula is C21H21ClF2N8O. The molecule has 3 aromatic rings. The van der Waals surface area contributed by atoms with Crippen LogP contribution in [0.1, 0.15) is 28.4 Å². The lowest BCUT2D eigenvalue weighted by Crippen LogP contribution is -2.28. The molecule has 0 radical (unpaired) electrons. The van der Waals surface area contributed by atoms with Gasteiger partial charge >= 0.3 is 0 Å². The number of carbonyl (C=O) groups is 1. The number of nitrogens with zero attached hydrogens (tertiary/aromatic N) is 5. The second kappa shape index (κ2) is 10.2. The Hall–Kier alpha value is -3.86. The van der Waals surface area contributed by atoms with Crippen LogP contribution in [0.3, 0.4) is 0 Å². The summed E-state index contributed by atoms with van der Waals surface area (Å²) in [6, 6.07) is 10.4. The Morgan fingerprint density at radius 2 is 2.00 bits per heavy atom. The Morgan fingerprint density at radius 3 is 2.64 bits per heavy atom. The third-order valence-corrected chi connectivity index (χ3v) is 4.77. The normalized spacial score (nSPS) is 12.3. The van der Waals surface area contributed by atoms with E-state index < -0.39 is 18.2 Å². The Morgan fingerprint density at radius 1 is 1.24 bits per heavy atom. The summed E-state index contributed by atoms with van der Waals surface area (Å²) in [7, 11) is 0. The maximum absolute atomic E-state index is 12.4. The minimum atomic E-state index is -2.97. The van der Waals surface area contributed by atoms with E-state index >= 15 is 0 Å². The zero-order valence-electron chi connectivity index (χ0n) is 17.8. The fraction of sp³-hybridized carbons (Fsp3) is 0.190. The number of aliphatic imine (C=N–C) groups is 1. The van der Waals surface area contributed by atoms with Gasteiger partial charge in [-0.3, -0.25) is 4.79 Å². The van der Waals surface area contributed by atoms with Gasteiger partial charge in [0.15, 0.2) is 5.84 Å². The molecule has 12 heteroatoms. The van der Waals surface area contributed by atoms with Crippen molar-refractivity contribution in [1.82, 2.24) is 20.4 Å². The Bertz CT molecular complexity index is 1230. The fourth-order valence-corrected chi connectivity index (χ4v) is 3.18. The third kappa shape index (κ3) is 6.10. The first kappa shape index (κ1) is 23.8. The van der Waals surface area contributed by atoms with E-state index in [2.05, 4.69) is 20.4 Å². The lowest BCUT2D eigenvalue weighted by Gasteiger charge is -2.07. The van der Waals surface area contributed by atoms with E-state index in [1.165, 1.54) is 6.07 Å². The van der Waals surface area contributed by atoms with Gasteiger partial charge in [0.25, 0.3) is 12.3 Å². The van der Waals surface area contributed by atoms with Crippen LogP contribution in [0.5, 0.6) is 0 Å². The quantitative estimate of drug-likeness (QED) is 0.274. The van der Waals surface area contributed by atoms with E-state index in [4.69, 9.17) is 23.1 Å². The van der Waals surface area contributed by atoms with Crippen molar-refractivity contribution < 1.29 is 13.6 Å². The number of benzene rings is 2. The van der Waals surface area contributed by atoms with E-state index in [0.717, 1.165) is 22.4 Å². The molecule has 9 nitrogen and oxygen atoms in total. The lowest BCUT2D eigenvalue weighted by molar-refractivity contribution is 0.0954. The molecule has 0 aliphatic carbocycles. The molecule has 1 amide bonds. The summed E-state index contributed by atoms with van der Waals surface area (Å²) in [4.78, 5) is 16.4. The molecule has 5 N–H and O–H groups in total. The molecule has 0 unspecified atom stereocenters. The molecular weight excluding hydrogens is 454 g/mol. The number of amidine groups is 2. The number of nitrogens with one attached hydrogen (secondary N) is 1. The van der Waals surface area contributed by atoms with Crippen LogP contribution in [0.2, 0.25) is 5.02 Å². The standard InChI is InChI=1S/C21H21ClF2N8O/c1-11-7-14(4-6-17(11)27-12(2)25)18-10-32(31-28-18)9-13-3-5-15(16(22)8-13)21(33)30-29-20(26)19(23)24/h3-8,10,19H,9H2,1-2H3,(H2,25,27)(H2,26,29)(H,30,33). The van der Waals surface area contributed by atoms with Crippen molar-refractivity contribution in [1.29, 1.82) is 0 Å². The molecule has 0 spiro atoms. The number of hydrogen-bond donors (Lipinski definition) is 3. The highest BCUT2D eigenvalue weighted by atomic mass is 35.5. The highest BCUT2D eigenvalue weighted by Gasteiger charge is 2.14. The van der Waals surface area contributed by atoms with Crippen molar-refractivity contribution in [3.63, 3.8) is 0 Å². The fourth-order valence-electron chi connectivity index (χ4n) is 2.89. The number of hydrogen-bond acceptors (Lipinski definition) is 5. The van der Waals surface area contributed by atoms with Gasteiger partial charge < -0.3 is 11.5 Å². The summed E-state index contributed by atoms with van der Waals surface area (Å²) in [6.07, 6.45) is -1.19.